The molecule has 12 heteroatoms. The maximum atomic E-state index is 14.7. The van der Waals surface area contributed by atoms with Crippen LogP contribution in [-0.2, 0) is 16.1 Å². The van der Waals surface area contributed by atoms with Gasteiger partial charge in [-0.2, -0.15) is 13.2 Å². The Morgan fingerprint density at radius 3 is 2.66 bits per heavy atom. The fourth-order valence-electron chi connectivity index (χ4n) is 4.80. The van der Waals surface area contributed by atoms with Crippen molar-refractivity contribution in [1.82, 2.24) is 4.90 Å². The minimum Gasteiger partial charge on any atom is -0.488 e. The molecule has 0 bridgehead atoms. The van der Waals surface area contributed by atoms with Gasteiger partial charge in [-0.25, -0.2) is 13.4 Å². The molecule has 1 saturated carbocycles. The van der Waals surface area contributed by atoms with Crippen molar-refractivity contribution in [2.75, 3.05) is 43.6 Å². The van der Waals surface area contributed by atoms with Crippen molar-refractivity contribution in [1.29, 1.82) is 4.78 Å². The third-order valence-corrected chi connectivity index (χ3v) is 9.42. The number of piperidine rings is 1. The van der Waals surface area contributed by atoms with Gasteiger partial charge in [0.2, 0.25) is 0 Å². The zero-order chi connectivity index (χ0) is 29.4. The van der Waals surface area contributed by atoms with Gasteiger partial charge >= 0.3 is 6.18 Å². The van der Waals surface area contributed by atoms with Gasteiger partial charge in [-0.05, 0) is 61.5 Å². The first-order valence-corrected chi connectivity index (χ1v) is 16.1. The second-order valence-corrected chi connectivity index (χ2v) is 13.9. The van der Waals surface area contributed by atoms with Crippen LogP contribution in [0.5, 0.6) is 5.75 Å². The van der Waals surface area contributed by atoms with Gasteiger partial charge in [0.15, 0.2) is 0 Å². The van der Waals surface area contributed by atoms with E-state index in [1.54, 1.807) is 36.4 Å². The largest absolute Gasteiger partial charge is 0.488 e. The summed E-state index contributed by atoms with van der Waals surface area (Å²) < 4.78 is 82.1. The molecule has 3 N–H and O–H groups in total. The van der Waals surface area contributed by atoms with Gasteiger partial charge in [-0.1, -0.05) is 24.0 Å². The average molecular weight is 609 g/mol. The molecule has 1 aromatic heterocycles. The van der Waals surface area contributed by atoms with Crippen LogP contribution in [0.2, 0.25) is 0 Å². The van der Waals surface area contributed by atoms with E-state index in [0.29, 0.717) is 49.9 Å². The fraction of sp³-hybridized carbons (Fsp3) is 0.448. The Morgan fingerprint density at radius 1 is 1.20 bits per heavy atom. The number of ether oxygens (including phenoxy) is 1. The van der Waals surface area contributed by atoms with Crippen LogP contribution in [0.3, 0.4) is 0 Å². The van der Waals surface area contributed by atoms with Crippen molar-refractivity contribution in [2.24, 2.45) is 0 Å². The highest BCUT2D eigenvalue weighted by atomic mass is 32.2. The van der Waals surface area contributed by atoms with Crippen molar-refractivity contribution in [2.45, 2.75) is 55.1 Å². The first kappa shape index (κ1) is 29.5. The summed E-state index contributed by atoms with van der Waals surface area (Å²) in [4.78, 5) is 2.60. The summed E-state index contributed by atoms with van der Waals surface area (Å²) in [7, 11) is -1.06. The van der Waals surface area contributed by atoms with Crippen molar-refractivity contribution in [3.8, 4) is 17.6 Å². The van der Waals surface area contributed by atoms with E-state index in [2.05, 4.69) is 22.5 Å². The quantitative estimate of drug-likeness (QED) is 0.201. The third-order valence-electron chi connectivity index (χ3n) is 7.07. The first-order chi connectivity index (χ1) is 19.4. The first-order valence-electron chi connectivity index (χ1n) is 13.3. The summed E-state index contributed by atoms with van der Waals surface area (Å²) in [6, 6.07) is 9.57. The summed E-state index contributed by atoms with van der Waals surface area (Å²) in [6.07, 6.45) is -2.77. The predicted octanol–water partition coefficient (Wildman–Crippen LogP) is 6.50. The van der Waals surface area contributed by atoms with Crippen LogP contribution in [0.1, 0.15) is 29.7 Å². The van der Waals surface area contributed by atoms with E-state index in [0.717, 1.165) is 19.4 Å². The lowest BCUT2D eigenvalue weighted by Gasteiger charge is -2.33. The van der Waals surface area contributed by atoms with Gasteiger partial charge in [0.05, 0.1) is 60.7 Å². The molecule has 1 saturated heterocycles. The number of nitrogens with zero attached hydrogens (tertiary/aromatic N) is 1. The molecular formula is C29H32F4N4O2S2. The number of fused-ring (bicyclic) bond motifs is 1. The molecule has 6 nitrogen and oxygen atoms in total. The summed E-state index contributed by atoms with van der Waals surface area (Å²) in [6.45, 7) is 1.17. The van der Waals surface area contributed by atoms with Gasteiger partial charge in [-0.15, -0.1) is 11.3 Å². The molecule has 3 atom stereocenters. The van der Waals surface area contributed by atoms with Gasteiger partial charge in [0, 0.05) is 19.3 Å². The van der Waals surface area contributed by atoms with Gasteiger partial charge < -0.3 is 20.3 Å². The van der Waals surface area contributed by atoms with Crippen molar-refractivity contribution < 1.29 is 26.5 Å². The summed E-state index contributed by atoms with van der Waals surface area (Å²) in [5.41, 5.74) is 1.34. The van der Waals surface area contributed by atoms with Crippen molar-refractivity contribution in [3.05, 3.63) is 46.8 Å². The number of hydrogen-bond donors (Lipinski definition) is 3. The van der Waals surface area contributed by atoms with Crippen molar-refractivity contribution in [3.63, 3.8) is 0 Å². The van der Waals surface area contributed by atoms with E-state index in [-0.39, 0.29) is 18.2 Å². The number of alkyl halides is 4. The van der Waals surface area contributed by atoms with Gasteiger partial charge in [0.1, 0.15) is 11.9 Å². The topological polar surface area (TPSA) is 77.5 Å². The number of hydrogen-bond acceptors (Lipinski definition) is 7. The molecule has 2 fully saturated rings. The van der Waals surface area contributed by atoms with Crippen LogP contribution in [0, 0.1) is 16.6 Å². The predicted molar refractivity (Wildman–Crippen MR) is 157 cm³/mol. The van der Waals surface area contributed by atoms with Gasteiger partial charge in [0.25, 0.3) is 0 Å². The lowest BCUT2D eigenvalue weighted by atomic mass is 10.0. The number of halogens is 4. The highest BCUT2D eigenvalue weighted by molar-refractivity contribution is 7.91. The Labute approximate surface area is 241 Å². The molecule has 41 heavy (non-hydrogen) atoms. The van der Waals surface area contributed by atoms with E-state index in [4.69, 9.17) is 9.52 Å². The van der Waals surface area contributed by atoms with Gasteiger partial charge in [-0.3, -0.25) is 0 Å². The Balaban J connectivity index is 1.40. The number of nitrogens with one attached hydrogen (secondary N) is 3. The maximum absolute atomic E-state index is 14.7. The fourth-order valence-corrected chi connectivity index (χ4v) is 6.63. The molecule has 2 aliphatic rings. The normalized spacial score (nSPS) is 21.1. The molecule has 220 valence electrons. The molecule has 2 unspecified atom stereocenters. The molecule has 0 amide bonds. The van der Waals surface area contributed by atoms with E-state index >= 15 is 0 Å². The van der Waals surface area contributed by atoms with Crippen LogP contribution in [0.15, 0.2) is 41.3 Å². The zero-order valence-corrected chi connectivity index (χ0v) is 24.4. The van der Waals surface area contributed by atoms with E-state index in [1.807, 2.05) is 11.9 Å². The lowest BCUT2D eigenvalue weighted by molar-refractivity contribution is -0.126. The Morgan fingerprint density at radius 2 is 1.98 bits per heavy atom. The average Bonchev–Trinajstić information content (AvgIpc) is 3.64. The number of anilines is 2. The number of benzene rings is 2. The zero-order valence-electron chi connectivity index (χ0n) is 22.7. The molecule has 3 aromatic rings. The monoisotopic (exact) mass is 608 g/mol. The Kier molecular flexibility index (Phi) is 8.41. The van der Waals surface area contributed by atoms with Crippen molar-refractivity contribution >= 4 is 42.5 Å². The number of thiophene rings is 1. The highest BCUT2D eigenvalue weighted by Crippen LogP contribution is 2.40. The summed E-state index contributed by atoms with van der Waals surface area (Å²) in [5, 5.41) is 6.85. The van der Waals surface area contributed by atoms with Crippen LogP contribution in [0.4, 0.5) is 28.9 Å². The smallest absolute Gasteiger partial charge is 0.393 e. The Hall–Kier alpha value is -3.01. The molecule has 0 spiro atoms. The summed E-state index contributed by atoms with van der Waals surface area (Å²) >= 11 is 1.18. The summed E-state index contributed by atoms with van der Waals surface area (Å²) in [5.74, 6) is 6.34. The van der Waals surface area contributed by atoms with Crippen LogP contribution < -0.4 is 15.4 Å². The molecule has 0 radical (unpaired) electrons. The third kappa shape index (κ3) is 7.45. The molecule has 5 rings (SSSR count). The number of likely N-dealkylation sites (tertiary alicyclic amines) is 1. The highest BCUT2D eigenvalue weighted by Gasteiger charge is 2.32. The lowest BCUT2D eigenvalue weighted by Crippen LogP contribution is -2.46. The molecule has 1 aliphatic heterocycles. The van der Waals surface area contributed by atoms with E-state index in [9.17, 15) is 21.8 Å². The minimum atomic E-state index is -4.42. The SMILES string of the molecule is CN1CCC(Nc2cccc3c(CC(F)(F)F)c(C#CCNc4ccc(S(C)(=N)=O)cc4OC4CC4)sc23)[C@H](F)C1. The van der Waals surface area contributed by atoms with E-state index in [1.165, 1.54) is 17.6 Å². The maximum Gasteiger partial charge on any atom is 0.393 e. The van der Waals surface area contributed by atoms with E-state index < -0.39 is 34.5 Å². The van der Waals surface area contributed by atoms with Crippen LogP contribution in [-0.4, -0.2) is 66.5 Å². The Bertz CT molecular complexity index is 1590. The molecular weight excluding hydrogens is 576 g/mol. The second-order valence-electron chi connectivity index (χ2n) is 10.7. The molecule has 2 heterocycles. The molecule has 1 aliphatic carbocycles. The minimum absolute atomic E-state index is 0.0731. The molecule has 2 aromatic carbocycles. The van der Waals surface area contributed by atoms with Crippen LogP contribution >= 0.6 is 11.3 Å². The second kappa shape index (κ2) is 11.7. The number of rotatable bonds is 8. The van der Waals surface area contributed by atoms with Crippen LogP contribution in [0.25, 0.3) is 10.1 Å². The standard InChI is InChI=1S/C29H32F4N4O2S2/c1-37-14-12-23(22(30)17-37)36-25-6-3-5-20-21(16-29(31,32)33)27(40-28(20)25)7-4-13-35-24-11-10-19(41(2,34)38)15-26(24)39-18-8-9-18/h3,5-6,10-11,15,18,22-23,34-36H,8-9,12-14,16-17H2,1-2H3/t22-,23?,41?/m1/s1.